The van der Waals surface area contributed by atoms with Crippen molar-refractivity contribution >= 4 is 33.1 Å². The fraction of sp³-hybridized carbons (Fsp3) is 0.294. The highest BCUT2D eigenvalue weighted by molar-refractivity contribution is 9.10. The van der Waals surface area contributed by atoms with E-state index < -0.39 is 10.8 Å². The summed E-state index contributed by atoms with van der Waals surface area (Å²) >= 11 is 3.44. The Morgan fingerprint density at radius 2 is 1.81 bits per heavy atom. The molecule has 3 aromatic rings. The van der Waals surface area contributed by atoms with Gasteiger partial charge in [-0.25, -0.2) is 0 Å². The molecule has 2 N–H and O–H groups in total. The number of nitriles is 1. The molecule has 1 unspecified atom stereocenters. The quantitative estimate of drug-likeness (QED) is 0.215. The number of allylic oxidation sites excluding steroid dienone is 3. The van der Waals surface area contributed by atoms with Crippen molar-refractivity contribution in [3.63, 3.8) is 0 Å². The molecule has 0 amide bonds. The molecule has 2 aliphatic rings. The van der Waals surface area contributed by atoms with Crippen LogP contribution in [0.3, 0.4) is 0 Å². The molecule has 43 heavy (non-hydrogen) atoms. The zero-order valence-electron chi connectivity index (χ0n) is 24.8. The number of nitrogens with two attached hydrogens (primary N) is 1. The van der Waals surface area contributed by atoms with Gasteiger partial charge in [-0.15, -0.1) is 0 Å². The molecule has 0 aromatic heterocycles. The number of benzene rings is 3. The number of aryl methyl sites for hydroxylation is 2. The molecule has 0 radical (unpaired) electrons. The number of ether oxygens (including phenoxy) is 1. The highest BCUT2D eigenvalue weighted by atomic mass is 79.9. The van der Waals surface area contributed by atoms with Gasteiger partial charge in [-0.2, -0.15) is 5.26 Å². The molecule has 0 saturated carbocycles. The van der Waals surface area contributed by atoms with E-state index in [9.17, 15) is 20.2 Å². The van der Waals surface area contributed by atoms with Gasteiger partial charge in [-0.1, -0.05) is 53.5 Å². The predicted octanol–water partition coefficient (Wildman–Crippen LogP) is 7.80. The van der Waals surface area contributed by atoms with E-state index in [1.165, 1.54) is 12.1 Å². The third-order valence-corrected chi connectivity index (χ3v) is 8.77. The van der Waals surface area contributed by atoms with Crippen LogP contribution in [0.15, 0.2) is 81.7 Å². The highest BCUT2D eigenvalue weighted by Crippen LogP contribution is 2.51. The molecule has 1 atom stereocenters. The number of anilines is 1. The summed E-state index contributed by atoms with van der Waals surface area (Å²) in [4.78, 5) is 27.0. The number of Topliss-reactive ketones (excluding diaryl/α,β-unsaturated/α-hetero) is 1. The first-order valence-corrected chi connectivity index (χ1v) is 14.8. The third-order valence-electron chi connectivity index (χ3n) is 8.24. The largest absolute Gasteiger partial charge is 0.489 e. The van der Waals surface area contributed by atoms with Crippen LogP contribution in [0.1, 0.15) is 60.4 Å². The number of carbonyl (C=O) groups is 1. The first kappa shape index (κ1) is 30.1. The average molecular weight is 642 g/mol. The van der Waals surface area contributed by atoms with Crippen LogP contribution in [-0.4, -0.2) is 10.7 Å². The number of nitro groups is 1. The summed E-state index contributed by atoms with van der Waals surface area (Å²) in [6, 6.07) is 18.6. The van der Waals surface area contributed by atoms with E-state index >= 15 is 0 Å². The molecule has 5 rings (SSSR count). The van der Waals surface area contributed by atoms with E-state index in [2.05, 4.69) is 28.1 Å². The third kappa shape index (κ3) is 5.67. The number of ketones is 1. The summed E-state index contributed by atoms with van der Waals surface area (Å²) < 4.78 is 7.07. The number of hydrogen-bond acceptors (Lipinski definition) is 7. The van der Waals surface area contributed by atoms with Gasteiger partial charge in [0.25, 0.3) is 5.69 Å². The normalized spacial score (nSPS) is 17.9. The van der Waals surface area contributed by atoms with E-state index in [4.69, 9.17) is 10.5 Å². The summed E-state index contributed by atoms with van der Waals surface area (Å²) in [7, 11) is 0. The summed E-state index contributed by atoms with van der Waals surface area (Å²) in [5.74, 6) is 0.167. The maximum absolute atomic E-state index is 14.1. The maximum atomic E-state index is 14.1. The lowest BCUT2D eigenvalue weighted by molar-refractivity contribution is -0.384. The highest BCUT2D eigenvalue weighted by Gasteiger charge is 2.45. The van der Waals surface area contributed by atoms with Gasteiger partial charge in [0.1, 0.15) is 18.2 Å². The Morgan fingerprint density at radius 3 is 2.47 bits per heavy atom. The maximum Gasteiger partial charge on any atom is 0.271 e. The predicted molar refractivity (Wildman–Crippen MR) is 169 cm³/mol. The number of nitrogens with zero attached hydrogens (tertiary/aromatic N) is 3. The van der Waals surface area contributed by atoms with Crippen molar-refractivity contribution in [3.8, 4) is 11.8 Å². The molecule has 1 aliphatic carbocycles. The molecule has 8 nitrogen and oxygen atoms in total. The van der Waals surface area contributed by atoms with Crippen molar-refractivity contribution in [3.05, 3.63) is 120 Å². The van der Waals surface area contributed by atoms with E-state index in [0.717, 1.165) is 38.0 Å². The van der Waals surface area contributed by atoms with Crippen LogP contribution in [0.25, 0.3) is 0 Å². The second-order valence-corrected chi connectivity index (χ2v) is 13.0. The van der Waals surface area contributed by atoms with Crippen molar-refractivity contribution in [2.24, 2.45) is 11.1 Å². The Balaban J connectivity index is 1.70. The Hall–Kier alpha value is -4.42. The topological polar surface area (TPSA) is 122 Å². The number of carbonyl (C=O) groups excluding carboxylic acids is 1. The van der Waals surface area contributed by atoms with E-state index in [-0.39, 0.29) is 28.3 Å². The molecule has 9 heteroatoms. The molecule has 0 saturated heterocycles. The molecule has 0 spiro atoms. The lowest BCUT2D eigenvalue weighted by Gasteiger charge is -2.44. The van der Waals surface area contributed by atoms with Crippen LogP contribution >= 0.6 is 15.9 Å². The van der Waals surface area contributed by atoms with Crippen LogP contribution in [-0.2, 0) is 11.4 Å². The summed E-state index contributed by atoms with van der Waals surface area (Å²) in [5, 5.41) is 22.3. The minimum atomic E-state index is -0.676. The first-order valence-electron chi connectivity index (χ1n) is 14.0. The van der Waals surface area contributed by atoms with Gasteiger partial charge < -0.3 is 10.5 Å². The second kappa shape index (κ2) is 11.3. The standard InChI is InChI=1S/C34H33BrN4O4/c1-19-12-22(18-43-25-10-7-23(35)8-11-25)21(3)26(13-19)31-27(17-36)33(37)38(28-14-24(39(41)42)9-6-20(28)2)29-15-34(4,5)16-30(40)32(29)31/h6-14,31H,15-16,18,37H2,1-5H3. The van der Waals surface area contributed by atoms with Gasteiger partial charge in [-0.3, -0.25) is 19.8 Å². The zero-order chi connectivity index (χ0) is 31.2. The number of nitro benzene ring substituents is 1. The van der Waals surface area contributed by atoms with Crippen molar-refractivity contribution in [2.75, 3.05) is 4.90 Å². The Labute approximate surface area is 259 Å². The van der Waals surface area contributed by atoms with Gasteiger partial charge in [0.05, 0.1) is 28.2 Å². The van der Waals surface area contributed by atoms with Crippen LogP contribution in [0.4, 0.5) is 11.4 Å². The average Bonchev–Trinajstić information content (AvgIpc) is 2.93. The van der Waals surface area contributed by atoms with E-state index in [1.807, 2.05) is 65.0 Å². The molecular formula is C34H33BrN4O4. The Bertz CT molecular complexity index is 1770. The van der Waals surface area contributed by atoms with Gasteiger partial charge in [0.2, 0.25) is 0 Å². The summed E-state index contributed by atoms with van der Waals surface area (Å²) in [6.07, 6.45) is 0.823. The van der Waals surface area contributed by atoms with Crippen LogP contribution in [0.5, 0.6) is 5.75 Å². The minimum Gasteiger partial charge on any atom is -0.489 e. The molecular weight excluding hydrogens is 608 g/mol. The van der Waals surface area contributed by atoms with Crippen molar-refractivity contribution < 1.29 is 14.5 Å². The molecule has 1 aliphatic heterocycles. The smallest absolute Gasteiger partial charge is 0.271 e. The van der Waals surface area contributed by atoms with Gasteiger partial charge in [-0.05, 0) is 79.1 Å². The first-order chi connectivity index (χ1) is 20.3. The molecule has 1 heterocycles. The fourth-order valence-electron chi connectivity index (χ4n) is 6.15. The van der Waals surface area contributed by atoms with Crippen LogP contribution < -0.4 is 15.4 Å². The second-order valence-electron chi connectivity index (χ2n) is 12.1. The number of rotatable bonds is 6. The van der Waals surface area contributed by atoms with Crippen molar-refractivity contribution in [2.45, 2.75) is 60.0 Å². The lowest BCUT2D eigenvalue weighted by Crippen LogP contribution is -2.42. The summed E-state index contributed by atoms with van der Waals surface area (Å²) in [6.45, 7) is 10.2. The van der Waals surface area contributed by atoms with E-state index in [1.54, 1.807) is 11.0 Å². The minimum absolute atomic E-state index is 0.0573. The summed E-state index contributed by atoms with van der Waals surface area (Å²) in [5.41, 5.74) is 12.7. The van der Waals surface area contributed by atoms with Gasteiger partial charge >= 0.3 is 0 Å². The molecule has 220 valence electrons. The zero-order valence-corrected chi connectivity index (χ0v) is 26.4. The monoisotopic (exact) mass is 640 g/mol. The van der Waals surface area contributed by atoms with E-state index in [0.29, 0.717) is 36.4 Å². The molecule has 0 fully saturated rings. The lowest BCUT2D eigenvalue weighted by atomic mass is 9.67. The number of non-ortho nitro benzene ring substituents is 1. The fourth-order valence-corrected chi connectivity index (χ4v) is 6.42. The van der Waals surface area contributed by atoms with Crippen molar-refractivity contribution in [1.82, 2.24) is 0 Å². The number of halogens is 1. The SMILES string of the molecule is Cc1cc(COc2ccc(Br)cc2)c(C)c(C2C(C#N)=C(N)N(c3cc([N+](=O)[O-])ccc3C)C3=C2C(=O)CC(C)(C)C3)c1. The Morgan fingerprint density at radius 1 is 1.12 bits per heavy atom. The number of hydrogen-bond donors (Lipinski definition) is 1. The Kier molecular flexibility index (Phi) is 7.93. The molecule has 3 aromatic carbocycles. The van der Waals surface area contributed by atoms with Crippen molar-refractivity contribution in [1.29, 1.82) is 5.26 Å². The molecule has 0 bridgehead atoms. The van der Waals surface area contributed by atoms with Gasteiger partial charge in [0.15, 0.2) is 5.78 Å². The van der Waals surface area contributed by atoms with Gasteiger partial charge in [0, 0.05) is 34.3 Å². The van der Waals surface area contributed by atoms with Crippen LogP contribution in [0.2, 0.25) is 0 Å². The van der Waals surface area contributed by atoms with Crippen LogP contribution in [0, 0.1) is 47.6 Å².